The summed E-state index contributed by atoms with van der Waals surface area (Å²) < 4.78 is 18.5. The summed E-state index contributed by atoms with van der Waals surface area (Å²) >= 11 is 1.39. The third-order valence-corrected chi connectivity index (χ3v) is 5.50. The van der Waals surface area contributed by atoms with Crippen LogP contribution in [0, 0.1) is 0 Å². The van der Waals surface area contributed by atoms with E-state index in [0.717, 1.165) is 15.7 Å². The Labute approximate surface area is 158 Å². The van der Waals surface area contributed by atoms with E-state index < -0.39 is 30.0 Å². The van der Waals surface area contributed by atoms with Gasteiger partial charge in [-0.05, 0) is 54.5 Å². The number of benzene rings is 1. The molecular weight excluding hydrogens is 351 g/mol. The molecular formula is C18H25BN2O4S. The maximum atomic E-state index is 12.0. The number of aromatic nitrogens is 1. The standard InChI is InChI=1S/C18H25BN2O4S/c1-16(2,3)23-15(22)21-14-20-13-11(9-8-10-12(13)26-14)19-24-17(4,5)18(6,7)25-19/h8-10H,1-7H3,(H,20,21,22). The van der Waals surface area contributed by atoms with E-state index in [1.807, 2.05) is 66.7 Å². The smallest absolute Gasteiger partial charge is 0.444 e. The summed E-state index contributed by atoms with van der Waals surface area (Å²) in [4.78, 5) is 16.6. The maximum absolute atomic E-state index is 12.0. The Morgan fingerprint density at radius 2 is 1.81 bits per heavy atom. The summed E-state index contributed by atoms with van der Waals surface area (Å²) in [5.74, 6) is 0. The highest BCUT2D eigenvalue weighted by molar-refractivity contribution is 7.22. The van der Waals surface area contributed by atoms with Crippen molar-refractivity contribution in [1.29, 1.82) is 0 Å². The highest BCUT2D eigenvalue weighted by atomic mass is 32.1. The van der Waals surface area contributed by atoms with Crippen molar-refractivity contribution in [1.82, 2.24) is 4.98 Å². The van der Waals surface area contributed by atoms with Crippen molar-refractivity contribution in [2.45, 2.75) is 65.3 Å². The lowest BCUT2D eigenvalue weighted by Crippen LogP contribution is -2.41. The third kappa shape index (κ3) is 3.72. The van der Waals surface area contributed by atoms with Crippen LogP contribution in [0.3, 0.4) is 0 Å². The fourth-order valence-corrected chi connectivity index (χ4v) is 3.46. The lowest BCUT2D eigenvalue weighted by molar-refractivity contribution is 0.00578. The first-order chi connectivity index (χ1) is 11.9. The summed E-state index contributed by atoms with van der Waals surface area (Å²) in [6, 6.07) is 5.85. The van der Waals surface area contributed by atoms with Crippen molar-refractivity contribution >= 4 is 45.4 Å². The van der Waals surface area contributed by atoms with Gasteiger partial charge in [0, 0.05) is 5.46 Å². The molecule has 8 heteroatoms. The summed E-state index contributed by atoms with van der Waals surface area (Å²) in [7, 11) is -0.500. The number of rotatable bonds is 2. The topological polar surface area (TPSA) is 69.7 Å². The monoisotopic (exact) mass is 376 g/mol. The van der Waals surface area contributed by atoms with E-state index >= 15 is 0 Å². The number of ether oxygens (including phenoxy) is 1. The van der Waals surface area contributed by atoms with Crippen molar-refractivity contribution in [3.63, 3.8) is 0 Å². The van der Waals surface area contributed by atoms with Crippen LogP contribution in [-0.4, -0.2) is 35.0 Å². The average Bonchev–Trinajstić information content (AvgIpc) is 2.93. The quantitative estimate of drug-likeness (QED) is 0.804. The predicted molar refractivity (Wildman–Crippen MR) is 105 cm³/mol. The van der Waals surface area contributed by atoms with E-state index in [4.69, 9.17) is 14.0 Å². The zero-order valence-electron chi connectivity index (χ0n) is 16.3. The molecule has 2 heterocycles. The number of para-hydroxylation sites is 1. The lowest BCUT2D eigenvalue weighted by atomic mass is 9.78. The van der Waals surface area contributed by atoms with Crippen LogP contribution < -0.4 is 10.8 Å². The van der Waals surface area contributed by atoms with Gasteiger partial charge in [-0.3, -0.25) is 5.32 Å². The Hall–Kier alpha value is -1.64. The minimum Gasteiger partial charge on any atom is -0.444 e. The van der Waals surface area contributed by atoms with Crippen LogP contribution in [-0.2, 0) is 14.0 Å². The van der Waals surface area contributed by atoms with E-state index in [-0.39, 0.29) is 0 Å². The van der Waals surface area contributed by atoms with Crippen LogP contribution in [0.25, 0.3) is 10.2 Å². The molecule has 1 N–H and O–H groups in total. The molecule has 0 aliphatic carbocycles. The molecule has 140 valence electrons. The Morgan fingerprint density at radius 1 is 1.19 bits per heavy atom. The molecule has 0 atom stereocenters. The Balaban J connectivity index is 1.88. The normalized spacial score (nSPS) is 19.0. The molecule has 0 unspecified atom stereocenters. The molecule has 2 aromatic rings. The highest BCUT2D eigenvalue weighted by Gasteiger charge is 2.52. The predicted octanol–water partition coefficient (Wildman–Crippen LogP) is 3.94. The van der Waals surface area contributed by atoms with Gasteiger partial charge < -0.3 is 14.0 Å². The van der Waals surface area contributed by atoms with Crippen molar-refractivity contribution in [3.8, 4) is 0 Å². The maximum Gasteiger partial charge on any atom is 0.497 e. The number of hydrogen-bond acceptors (Lipinski definition) is 6. The molecule has 1 aromatic carbocycles. The van der Waals surface area contributed by atoms with Gasteiger partial charge in [-0.15, -0.1) is 0 Å². The minimum absolute atomic E-state index is 0.423. The summed E-state index contributed by atoms with van der Waals surface area (Å²) in [6.07, 6.45) is -0.520. The number of amides is 1. The summed E-state index contributed by atoms with van der Waals surface area (Å²) in [6.45, 7) is 13.5. The van der Waals surface area contributed by atoms with Gasteiger partial charge >= 0.3 is 13.2 Å². The molecule has 0 saturated carbocycles. The number of fused-ring (bicyclic) bond motifs is 1. The minimum atomic E-state index is -0.561. The first kappa shape index (κ1) is 19.1. The molecule has 1 aliphatic rings. The van der Waals surface area contributed by atoms with Crippen molar-refractivity contribution in [2.75, 3.05) is 5.32 Å². The first-order valence-corrected chi connectivity index (χ1v) is 9.45. The van der Waals surface area contributed by atoms with Crippen LogP contribution in [0.5, 0.6) is 0 Å². The second-order valence-corrected chi connectivity index (χ2v) is 9.46. The second-order valence-electron chi connectivity index (χ2n) is 8.43. The van der Waals surface area contributed by atoms with Gasteiger partial charge in [-0.25, -0.2) is 9.78 Å². The number of carbonyl (C=O) groups excluding carboxylic acids is 1. The SMILES string of the molecule is CC(C)(C)OC(=O)Nc1nc2c(B3OC(C)(C)C(C)(C)O3)cccc2s1. The van der Waals surface area contributed by atoms with Gasteiger partial charge in [0.2, 0.25) is 0 Å². The molecule has 3 rings (SSSR count). The average molecular weight is 376 g/mol. The van der Waals surface area contributed by atoms with Crippen LogP contribution in [0.2, 0.25) is 0 Å². The molecule has 0 bridgehead atoms. The summed E-state index contributed by atoms with van der Waals surface area (Å²) in [5, 5.41) is 3.19. The highest BCUT2D eigenvalue weighted by Crippen LogP contribution is 2.37. The van der Waals surface area contributed by atoms with Crippen molar-refractivity contribution in [3.05, 3.63) is 18.2 Å². The Morgan fingerprint density at radius 3 is 2.38 bits per heavy atom. The molecule has 1 amide bonds. The van der Waals surface area contributed by atoms with E-state index in [0.29, 0.717) is 5.13 Å². The van der Waals surface area contributed by atoms with E-state index in [9.17, 15) is 4.79 Å². The zero-order chi connectivity index (χ0) is 19.3. The molecule has 0 radical (unpaired) electrons. The van der Waals surface area contributed by atoms with Gasteiger partial charge in [0.15, 0.2) is 5.13 Å². The number of hydrogen-bond donors (Lipinski definition) is 1. The van der Waals surface area contributed by atoms with Crippen LogP contribution in [0.15, 0.2) is 18.2 Å². The zero-order valence-corrected chi connectivity index (χ0v) is 17.1. The van der Waals surface area contributed by atoms with Gasteiger partial charge in [0.25, 0.3) is 0 Å². The lowest BCUT2D eigenvalue weighted by Gasteiger charge is -2.32. The third-order valence-electron chi connectivity index (χ3n) is 4.57. The number of anilines is 1. The molecule has 6 nitrogen and oxygen atoms in total. The van der Waals surface area contributed by atoms with E-state index in [1.54, 1.807) is 0 Å². The largest absolute Gasteiger partial charge is 0.497 e. The van der Waals surface area contributed by atoms with Crippen molar-refractivity contribution in [2.24, 2.45) is 0 Å². The molecule has 26 heavy (non-hydrogen) atoms. The van der Waals surface area contributed by atoms with Crippen LogP contribution in [0.4, 0.5) is 9.93 Å². The number of nitrogens with zero attached hydrogens (tertiary/aromatic N) is 1. The molecule has 1 aromatic heterocycles. The van der Waals surface area contributed by atoms with Gasteiger partial charge in [-0.2, -0.15) is 0 Å². The number of thiazole rings is 1. The van der Waals surface area contributed by atoms with Gasteiger partial charge in [0.1, 0.15) is 5.60 Å². The van der Waals surface area contributed by atoms with Crippen LogP contribution >= 0.6 is 11.3 Å². The molecule has 0 spiro atoms. The van der Waals surface area contributed by atoms with E-state index in [2.05, 4.69) is 10.3 Å². The fraction of sp³-hybridized carbons (Fsp3) is 0.556. The molecule has 1 aliphatic heterocycles. The summed E-state index contributed by atoms with van der Waals surface area (Å²) in [5.41, 5.74) is 0.215. The molecule has 1 saturated heterocycles. The molecule has 1 fully saturated rings. The fourth-order valence-electron chi connectivity index (χ4n) is 2.57. The second kappa shape index (κ2) is 6.21. The van der Waals surface area contributed by atoms with Gasteiger partial charge in [0.05, 0.1) is 21.4 Å². The Bertz CT molecular complexity index is 825. The number of nitrogens with one attached hydrogen (secondary N) is 1. The van der Waals surface area contributed by atoms with E-state index in [1.165, 1.54) is 11.3 Å². The first-order valence-electron chi connectivity index (χ1n) is 8.63. The van der Waals surface area contributed by atoms with Crippen LogP contribution in [0.1, 0.15) is 48.5 Å². The number of carbonyl (C=O) groups is 1. The van der Waals surface area contributed by atoms with Gasteiger partial charge in [-0.1, -0.05) is 23.5 Å². The Kier molecular flexibility index (Phi) is 4.57. The van der Waals surface area contributed by atoms with Crippen molar-refractivity contribution < 1.29 is 18.8 Å².